The van der Waals surface area contributed by atoms with E-state index in [1.54, 1.807) is 15.9 Å². The van der Waals surface area contributed by atoms with Gasteiger partial charge in [-0.15, -0.1) is 0 Å². The SMILES string of the molecule is CO[C@@]12[C@H](COC(N)=O)C3=C(C(=O)C(C)=C(N)C3=O)N1C[C@@H]1[C@@H]2N1C(=O)/C=C/c1ccccc1. The summed E-state index contributed by atoms with van der Waals surface area (Å²) in [5, 5.41) is 0. The minimum absolute atomic E-state index is 0.133. The van der Waals surface area contributed by atoms with E-state index in [4.69, 9.17) is 20.9 Å². The van der Waals surface area contributed by atoms with E-state index >= 15 is 0 Å². The van der Waals surface area contributed by atoms with Crippen LogP contribution in [0.3, 0.4) is 0 Å². The first-order valence-corrected chi connectivity index (χ1v) is 10.8. The van der Waals surface area contributed by atoms with Crippen LogP contribution in [0.1, 0.15) is 12.5 Å². The van der Waals surface area contributed by atoms with Crippen molar-refractivity contribution in [3.63, 3.8) is 0 Å². The fourth-order valence-corrected chi connectivity index (χ4v) is 5.60. The van der Waals surface area contributed by atoms with Gasteiger partial charge in [0.1, 0.15) is 12.6 Å². The van der Waals surface area contributed by atoms with Gasteiger partial charge >= 0.3 is 6.09 Å². The number of hydrogen-bond donors (Lipinski definition) is 2. The van der Waals surface area contributed by atoms with E-state index in [9.17, 15) is 19.2 Å². The predicted octanol–water partition coefficient (Wildman–Crippen LogP) is 0.301. The van der Waals surface area contributed by atoms with Gasteiger partial charge in [-0.05, 0) is 18.6 Å². The van der Waals surface area contributed by atoms with E-state index < -0.39 is 29.6 Å². The molecule has 0 radical (unpaired) electrons. The predicted molar refractivity (Wildman–Crippen MR) is 119 cm³/mol. The van der Waals surface area contributed by atoms with E-state index in [1.165, 1.54) is 20.1 Å². The highest BCUT2D eigenvalue weighted by atomic mass is 16.6. The Hall–Kier alpha value is -3.92. The fraction of sp³-hybridized carbons (Fsp3) is 0.333. The molecule has 0 saturated carbocycles. The number of primary amides is 1. The maximum Gasteiger partial charge on any atom is 0.404 e. The number of nitrogens with two attached hydrogens (primary N) is 2. The Morgan fingerprint density at radius 2 is 1.91 bits per heavy atom. The molecule has 0 aromatic heterocycles. The van der Waals surface area contributed by atoms with E-state index in [1.807, 2.05) is 30.3 Å². The summed E-state index contributed by atoms with van der Waals surface area (Å²) in [7, 11) is 1.45. The Balaban J connectivity index is 1.50. The lowest BCUT2D eigenvalue weighted by Gasteiger charge is -2.40. The van der Waals surface area contributed by atoms with Crippen molar-refractivity contribution in [2.24, 2.45) is 17.4 Å². The first kappa shape index (κ1) is 21.9. The van der Waals surface area contributed by atoms with Gasteiger partial charge in [0, 0.05) is 30.9 Å². The molecule has 1 aliphatic carbocycles. The van der Waals surface area contributed by atoms with Gasteiger partial charge in [0.05, 0.1) is 23.4 Å². The standard InChI is InChI=1S/C24H24N4O6/c1-12-18(25)21(31)17-14(11-34-23(26)32)24(33-2)22-15(10-27(24)19(17)20(12)30)28(22)16(29)9-8-13-6-4-3-5-7-13/h3-9,14-15,22H,10-11,25H2,1-2H3,(H2,26,32)/b9-8+/t14-,15-,22+,24-,28?/m1/s1. The molecule has 10 nitrogen and oxygen atoms in total. The summed E-state index contributed by atoms with van der Waals surface area (Å²) in [6, 6.07) is 8.72. The van der Waals surface area contributed by atoms with Crippen LogP contribution in [0, 0.1) is 5.92 Å². The number of carbonyl (C=O) groups is 4. The van der Waals surface area contributed by atoms with Gasteiger partial charge in [-0.1, -0.05) is 30.3 Å². The second-order valence-corrected chi connectivity index (χ2v) is 8.71. The van der Waals surface area contributed by atoms with E-state index in [-0.39, 0.29) is 46.9 Å². The Morgan fingerprint density at radius 3 is 2.56 bits per heavy atom. The molecule has 34 heavy (non-hydrogen) atoms. The van der Waals surface area contributed by atoms with Crippen LogP contribution in [0.4, 0.5) is 4.79 Å². The van der Waals surface area contributed by atoms with Crippen molar-refractivity contribution in [3.8, 4) is 0 Å². The molecule has 1 aromatic carbocycles. The second kappa shape index (κ2) is 7.56. The number of allylic oxidation sites excluding steroid dienone is 2. The molecule has 176 valence electrons. The molecule has 10 heteroatoms. The Morgan fingerprint density at radius 1 is 1.21 bits per heavy atom. The van der Waals surface area contributed by atoms with Crippen molar-refractivity contribution >= 4 is 29.6 Å². The molecule has 1 aromatic rings. The van der Waals surface area contributed by atoms with E-state index in [2.05, 4.69) is 0 Å². The number of benzene rings is 1. The van der Waals surface area contributed by atoms with Gasteiger partial charge in [-0.3, -0.25) is 14.4 Å². The maximum atomic E-state index is 13.2. The van der Waals surface area contributed by atoms with Gasteiger partial charge in [0.25, 0.3) is 0 Å². The van der Waals surface area contributed by atoms with Crippen LogP contribution in [0.25, 0.3) is 6.08 Å². The fourth-order valence-electron chi connectivity index (χ4n) is 5.60. The molecule has 2 saturated heterocycles. The number of ketones is 2. The average molecular weight is 464 g/mol. The number of methoxy groups -OCH3 is 1. The smallest absolute Gasteiger partial charge is 0.404 e. The zero-order valence-corrected chi connectivity index (χ0v) is 18.7. The Kier molecular flexibility index (Phi) is 4.87. The molecule has 0 unspecified atom stereocenters. The lowest BCUT2D eigenvalue weighted by Crippen LogP contribution is -2.56. The van der Waals surface area contributed by atoms with Crippen LogP contribution in [0.2, 0.25) is 0 Å². The normalized spacial score (nSPS) is 29.5. The number of nitrogens with zero attached hydrogens (tertiary/aromatic N) is 2. The van der Waals surface area contributed by atoms with Crippen LogP contribution in [-0.4, -0.2) is 71.4 Å². The Bertz CT molecular complexity index is 1220. The number of ether oxygens (including phenoxy) is 2. The van der Waals surface area contributed by atoms with E-state index in [0.717, 1.165) is 5.56 Å². The third-order valence-corrected chi connectivity index (χ3v) is 7.16. The second-order valence-electron chi connectivity index (χ2n) is 8.71. The summed E-state index contributed by atoms with van der Waals surface area (Å²) >= 11 is 0. The molecule has 0 bridgehead atoms. The Labute approximate surface area is 195 Å². The number of amides is 2. The number of carbonyl (C=O) groups excluding carboxylic acids is 4. The van der Waals surface area contributed by atoms with Gasteiger partial charge in [0.15, 0.2) is 5.72 Å². The molecule has 4 atom stereocenters. The largest absolute Gasteiger partial charge is 0.449 e. The summed E-state index contributed by atoms with van der Waals surface area (Å²) in [4.78, 5) is 54.2. The van der Waals surface area contributed by atoms with Crippen LogP contribution in [-0.2, 0) is 23.9 Å². The molecule has 0 spiro atoms. The lowest BCUT2D eigenvalue weighted by molar-refractivity contribution is -0.151. The van der Waals surface area contributed by atoms with Crippen molar-refractivity contribution < 1.29 is 28.7 Å². The monoisotopic (exact) mass is 464 g/mol. The van der Waals surface area contributed by atoms with Crippen LogP contribution in [0.15, 0.2) is 58.9 Å². The van der Waals surface area contributed by atoms with Crippen molar-refractivity contribution in [1.82, 2.24) is 9.80 Å². The first-order valence-electron chi connectivity index (χ1n) is 10.8. The number of hydrogen-bond acceptors (Lipinski definition) is 8. The van der Waals surface area contributed by atoms with Gasteiger partial charge in [0.2, 0.25) is 17.5 Å². The molecule has 2 fully saturated rings. The van der Waals surface area contributed by atoms with Crippen LogP contribution in [0.5, 0.6) is 0 Å². The minimum atomic E-state index is -1.27. The summed E-state index contributed by atoms with van der Waals surface area (Å²) in [6.45, 7) is 1.50. The minimum Gasteiger partial charge on any atom is -0.449 e. The highest BCUT2D eigenvalue weighted by Crippen LogP contribution is 2.59. The number of piperazine rings is 1. The molecular formula is C24H24N4O6. The number of fused-ring (bicyclic) bond motifs is 4. The number of rotatable bonds is 5. The topological polar surface area (TPSA) is 145 Å². The zero-order chi connectivity index (χ0) is 24.4. The molecular weight excluding hydrogens is 440 g/mol. The van der Waals surface area contributed by atoms with Crippen molar-refractivity contribution in [1.29, 1.82) is 0 Å². The van der Waals surface area contributed by atoms with Crippen molar-refractivity contribution in [2.45, 2.75) is 24.7 Å². The highest BCUT2D eigenvalue weighted by molar-refractivity contribution is 6.25. The highest BCUT2D eigenvalue weighted by Gasteiger charge is 2.77. The van der Waals surface area contributed by atoms with Crippen molar-refractivity contribution in [3.05, 3.63) is 64.5 Å². The first-order chi connectivity index (χ1) is 16.2. The van der Waals surface area contributed by atoms with Gasteiger partial charge < -0.3 is 30.7 Å². The maximum absolute atomic E-state index is 13.2. The molecule has 5 rings (SSSR count). The average Bonchev–Trinajstić information content (AvgIpc) is 3.34. The van der Waals surface area contributed by atoms with Gasteiger partial charge in [-0.2, -0.15) is 0 Å². The third kappa shape index (κ3) is 2.84. The van der Waals surface area contributed by atoms with Gasteiger partial charge in [-0.25, -0.2) is 4.79 Å². The summed E-state index contributed by atoms with van der Waals surface area (Å²) in [5.74, 6) is -1.96. The molecule has 4 aliphatic rings. The third-order valence-electron chi connectivity index (χ3n) is 7.16. The lowest BCUT2D eigenvalue weighted by atomic mass is 9.82. The van der Waals surface area contributed by atoms with Crippen LogP contribution < -0.4 is 11.5 Å². The summed E-state index contributed by atoms with van der Waals surface area (Å²) in [5.41, 5.74) is 11.1. The molecule has 3 aliphatic heterocycles. The molecule has 4 N–H and O–H groups in total. The summed E-state index contributed by atoms with van der Waals surface area (Å²) < 4.78 is 11.1. The molecule has 2 amide bonds. The number of Topliss-reactive ketones (excluding diaryl/α,β-unsaturated/α-hetero) is 2. The summed E-state index contributed by atoms with van der Waals surface area (Å²) in [6.07, 6.45) is 2.18. The quantitative estimate of drug-likeness (QED) is 0.360. The molecule has 3 heterocycles. The van der Waals surface area contributed by atoms with E-state index in [0.29, 0.717) is 6.54 Å². The van der Waals surface area contributed by atoms with Crippen LogP contribution >= 0.6 is 0 Å². The zero-order valence-electron chi connectivity index (χ0n) is 18.7. The van der Waals surface area contributed by atoms with Crippen molar-refractivity contribution in [2.75, 3.05) is 20.3 Å².